The molecule has 0 aliphatic heterocycles. The molecule has 0 saturated carbocycles. The quantitative estimate of drug-likeness (QED) is 0.542. The van der Waals surface area contributed by atoms with E-state index in [-0.39, 0.29) is 5.75 Å². The molecule has 2 N–H and O–H groups in total. The van der Waals surface area contributed by atoms with Gasteiger partial charge in [-0.3, -0.25) is 5.43 Å². The maximum absolute atomic E-state index is 9.78. The first kappa shape index (κ1) is 16.2. The fourth-order valence-corrected chi connectivity index (χ4v) is 3.20. The lowest BCUT2D eigenvalue weighted by Gasteiger charge is -2.03. The molecule has 124 valence electrons. The number of hydrazone groups is 1. The highest BCUT2D eigenvalue weighted by atomic mass is 32.1. The Morgan fingerprint density at radius 2 is 2.12 bits per heavy atom. The van der Waals surface area contributed by atoms with E-state index >= 15 is 0 Å². The van der Waals surface area contributed by atoms with E-state index in [0.717, 1.165) is 15.8 Å². The number of anilines is 1. The van der Waals surface area contributed by atoms with Crippen molar-refractivity contribution in [2.75, 3.05) is 12.5 Å². The van der Waals surface area contributed by atoms with Crippen LogP contribution < -0.4 is 10.2 Å². The first-order valence-electron chi connectivity index (χ1n) is 7.49. The molecule has 0 aliphatic carbocycles. The molecule has 1 aromatic carbocycles. The van der Waals surface area contributed by atoms with Crippen molar-refractivity contribution in [2.24, 2.45) is 5.10 Å². The Morgan fingerprint density at radius 1 is 1.29 bits per heavy atom. The molecule has 0 saturated heterocycles. The molecule has 7 heteroatoms. The van der Waals surface area contributed by atoms with Crippen molar-refractivity contribution in [2.45, 2.75) is 19.8 Å². The molecule has 0 radical (unpaired) electrons. The van der Waals surface area contributed by atoms with Gasteiger partial charge in [0.15, 0.2) is 17.3 Å². The topological polar surface area (TPSA) is 79.6 Å². The summed E-state index contributed by atoms with van der Waals surface area (Å²) in [5.41, 5.74) is 3.70. The van der Waals surface area contributed by atoms with Crippen LogP contribution >= 0.6 is 11.3 Å². The Morgan fingerprint density at radius 3 is 2.83 bits per heavy atom. The van der Waals surface area contributed by atoms with Crippen molar-refractivity contribution >= 4 is 33.6 Å². The molecule has 6 nitrogen and oxygen atoms in total. The smallest absolute Gasteiger partial charge is 0.160 e. The Labute approximate surface area is 143 Å². The Bertz CT molecular complexity index is 889. The second-order valence-corrected chi connectivity index (χ2v) is 6.61. The predicted molar refractivity (Wildman–Crippen MR) is 97.4 cm³/mol. The summed E-state index contributed by atoms with van der Waals surface area (Å²) in [6, 6.07) is 7.18. The van der Waals surface area contributed by atoms with Crippen molar-refractivity contribution < 1.29 is 9.84 Å². The molecule has 0 atom stereocenters. The number of aromatic hydroxyl groups is 1. The van der Waals surface area contributed by atoms with E-state index in [2.05, 4.69) is 40.4 Å². The molecule has 0 aliphatic rings. The van der Waals surface area contributed by atoms with Gasteiger partial charge in [0.2, 0.25) is 0 Å². The third kappa shape index (κ3) is 3.30. The van der Waals surface area contributed by atoms with E-state index in [1.54, 1.807) is 35.8 Å². The predicted octanol–water partition coefficient (Wildman–Crippen LogP) is 3.97. The summed E-state index contributed by atoms with van der Waals surface area (Å²) in [5, 5.41) is 14.9. The average Bonchev–Trinajstić information content (AvgIpc) is 3.00. The number of nitrogens with zero attached hydrogens (tertiary/aromatic N) is 3. The lowest BCUT2D eigenvalue weighted by Crippen LogP contribution is -1.95. The molecule has 0 bridgehead atoms. The van der Waals surface area contributed by atoms with Crippen LogP contribution in [-0.4, -0.2) is 28.4 Å². The van der Waals surface area contributed by atoms with Crippen LogP contribution in [0.2, 0.25) is 0 Å². The summed E-state index contributed by atoms with van der Waals surface area (Å²) in [4.78, 5) is 10.8. The van der Waals surface area contributed by atoms with E-state index in [4.69, 9.17) is 4.74 Å². The summed E-state index contributed by atoms with van der Waals surface area (Å²) in [6.07, 6.45) is 3.14. The van der Waals surface area contributed by atoms with Crippen LogP contribution in [0.25, 0.3) is 10.2 Å². The normalized spacial score (nSPS) is 11.5. The van der Waals surface area contributed by atoms with Crippen LogP contribution in [0, 0.1) is 0 Å². The lowest BCUT2D eigenvalue weighted by molar-refractivity contribution is 0.373. The highest BCUT2D eigenvalue weighted by Crippen LogP contribution is 2.32. The molecule has 2 heterocycles. The third-order valence-electron chi connectivity index (χ3n) is 3.50. The molecular weight excluding hydrogens is 324 g/mol. The summed E-state index contributed by atoms with van der Waals surface area (Å²) >= 11 is 1.67. The molecular formula is C17H18N4O2S. The van der Waals surface area contributed by atoms with E-state index in [9.17, 15) is 5.11 Å². The number of phenolic OH excluding ortho intramolecular Hbond substituents is 1. The molecule has 24 heavy (non-hydrogen) atoms. The SMILES string of the molecule is COc1ccc(C=NNc2ncnc3sc(C(C)C)cc23)cc1O. The van der Waals surface area contributed by atoms with Gasteiger partial charge in [0, 0.05) is 4.88 Å². The van der Waals surface area contributed by atoms with Crippen LogP contribution in [0.4, 0.5) is 5.82 Å². The second-order valence-electron chi connectivity index (χ2n) is 5.55. The maximum Gasteiger partial charge on any atom is 0.160 e. The van der Waals surface area contributed by atoms with Gasteiger partial charge < -0.3 is 9.84 Å². The van der Waals surface area contributed by atoms with Gasteiger partial charge in [-0.25, -0.2) is 9.97 Å². The Balaban J connectivity index is 1.81. The monoisotopic (exact) mass is 342 g/mol. The maximum atomic E-state index is 9.78. The molecule has 3 rings (SSSR count). The number of fused-ring (bicyclic) bond motifs is 1. The molecule has 2 aromatic heterocycles. The number of aromatic nitrogens is 2. The Hall–Kier alpha value is -2.67. The number of ether oxygens (including phenoxy) is 1. The second kappa shape index (κ2) is 6.84. The van der Waals surface area contributed by atoms with Crippen LogP contribution in [0.15, 0.2) is 35.7 Å². The van der Waals surface area contributed by atoms with Gasteiger partial charge in [0.25, 0.3) is 0 Å². The van der Waals surface area contributed by atoms with Crippen LogP contribution in [-0.2, 0) is 0 Å². The van der Waals surface area contributed by atoms with Crippen LogP contribution in [0.1, 0.15) is 30.2 Å². The van der Waals surface area contributed by atoms with Gasteiger partial charge in [0.1, 0.15) is 11.2 Å². The highest BCUT2D eigenvalue weighted by molar-refractivity contribution is 7.18. The minimum atomic E-state index is 0.0743. The number of thiophene rings is 1. The van der Waals surface area contributed by atoms with Gasteiger partial charge in [-0.05, 0) is 35.7 Å². The summed E-state index contributed by atoms with van der Waals surface area (Å²) in [7, 11) is 1.51. The van der Waals surface area contributed by atoms with Crippen molar-refractivity contribution in [3.05, 3.63) is 41.0 Å². The fraction of sp³-hybridized carbons (Fsp3) is 0.235. The first-order chi connectivity index (χ1) is 11.6. The number of phenols is 1. The zero-order valence-electron chi connectivity index (χ0n) is 13.6. The standard InChI is InChI=1S/C17H18N4O2S/c1-10(2)15-7-12-16(18-9-19-17(12)24-15)21-20-8-11-4-5-14(23-3)13(22)6-11/h4-10,22H,1-3H3,(H,18,19,21). The number of benzene rings is 1. The number of hydrogen-bond acceptors (Lipinski definition) is 7. The van der Waals surface area contributed by atoms with Gasteiger partial charge in [-0.2, -0.15) is 5.10 Å². The van der Waals surface area contributed by atoms with Crippen molar-refractivity contribution in [1.29, 1.82) is 0 Å². The number of nitrogens with one attached hydrogen (secondary N) is 1. The largest absolute Gasteiger partial charge is 0.504 e. The summed E-state index contributed by atoms with van der Waals surface area (Å²) < 4.78 is 5.02. The highest BCUT2D eigenvalue weighted by Gasteiger charge is 2.10. The van der Waals surface area contributed by atoms with Crippen molar-refractivity contribution in [3.63, 3.8) is 0 Å². The zero-order chi connectivity index (χ0) is 17.1. The molecule has 0 spiro atoms. The number of hydrogen-bond donors (Lipinski definition) is 2. The minimum Gasteiger partial charge on any atom is -0.504 e. The zero-order valence-corrected chi connectivity index (χ0v) is 14.5. The van der Waals surface area contributed by atoms with E-state index in [1.165, 1.54) is 18.3 Å². The molecule has 0 unspecified atom stereocenters. The third-order valence-corrected chi connectivity index (χ3v) is 4.85. The molecule has 0 fully saturated rings. The first-order valence-corrected chi connectivity index (χ1v) is 8.30. The van der Waals surface area contributed by atoms with E-state index in [1.807, 2.05) is 0 Å². The average molecular weight is 342 g/mol. The van der Waals surface area contributed by atoms with Gasteiger partial charge in [0.05, 0.1) is 18.7 Å². The molecule has 0 amide bonds. The summed E-state index contributed by atoms with van der Waals surface area (Å²) in [6.45, 7) is 4.30. The minimum absolute atomic E-state index is 0.0743. The van der Waals surface area contributed by atoms with Crippen molar-refractivity contribution in [3.8, 4) is 11.5 Å². The number of rotatable bonds is 5. The Kier molecular flexibility index (Phi) is 4.61. The van der Waals surface area contributed by atoms with Gasteiger partial charge in [-0.15, -0.1) is 11.3 Å². The lowest BCUT2D eigenvalue weighted by atomic mass is 10.2. The van der Waals surface area contributed by atoms with E-state index in [0.29, 0.717) is 17.5 Å². The van der Waals surface area contributed by atoms with Gasteiger partial charge in [-0.1, -0.05) is 13.8 Å². The van der Waals surface area contributed by atoms with Gasteiger partial charge >= 0.3 is 0 Å². The van der Waals surface area contributed by atoms with Crippen LogP contribution in [0.3, 0.4) is 0 Å². The fourth-order valence-electron chi connectivity index (χ4n) is 2.20. The molecule has 3 aromatic rings. The summed E-state index contributed by atoms with van der Waals surface area (Å²) in [5.74, 6) is 1.61. The number of methoxy groups -OCH3 is 1. The van der Waals surface area contributed by atoms with Crippen molar-refractivity contribution in [1.82, 2.24) is 9.97 Å². The van der Waals surface area contributed by atoms with E-state index < -0.39 is 0 Å². The van der Waals surface area contributed by atoms with Crippen LogP contribution in [0.5, 0.6) is 11.5 Å².